The Labute approximate surface area is 151 Å². The minimum atomic E-state index is -1.03. The molecule has 0 heterocycles. The van der Waals surface area contributed by atoms with E-state index in [9.17, 15) is 14.0 Å². The van der Waals surface area contributed by atoms with Gasteiger partial charge in [-0.2, -0.15) is 0 Å². The topological polar surface area (TPSA) is 67.4 Å². The van der Waals surface area contributed by atoms with Crippen molar-refractivity contribution in [2.45, 2.75) is 37.6 Å². The standard InChI is InChI=1S/C20H21FN2O3/c21-15-9-11-16(12-10-15)22-18(24)20(13-5-2-6-14-20)23-19(25)26-17-7-3-1-4-8-17/h1,3-4,7-12H,2,5-6,13-14H2,(H,22,24)(H,23,25). The van der Waals surface area contributed by atoms with Crippen LogP contribution in [0.1, 0.15) is 32.1 Å². The normalized spacial score (nSPS) is 15.7. The molecule has 3 rings (SSSR count). The van der Waals surface area contributed by atoms with Crippen molar-refractivity contribution in [2.75, 3.05) is 5.32 Å². The Balaban J connectivity index is 1.71. The van der Waals surface area contributed by atoms with Crippen molar-refractivity contribution in [1.82, 2.24) is 5.32 Å². The average Bonchev–Trinajstić information content (AvgIpc) is 2.65. The summed E-state index contributed by atoms with van der Waals surface area (Å²) in [5.41, 5.74) is -0.544. The number of benzene rings is 2. The van der Waals surface area contributed by atoms with Crippen LogP contribution in [0.15, 0.2) is 54.6 Å². The predicted octanol–water partition coefficient (Wildman–Crippen LogP) is 4.26. The van der Waals surface area contributed by atoms with E-state index in [1.807, 2.05) is 6.07 Å². The minimum Gasteiger partial charge on any atom is -0.410 e. The number of hydrogen-bond donors (Lipinski definition) is 2. The summed E-state index contributed by atoms with van der Waals surface area (Å²) in [5, 5.41) is 5.54. The van der Waals surface area contributed by atoms with E-state index in [1.54, 1.807) is 24.3 Å². The van der Waals surface area contributed by atoms with Gasteiger partial charge in [0.1, 0.15) is 17.1 Å². The maximum Gasteiger partial charge on any atom is 0.413 e. The molecule has 0 unspecified atom stereocenters. The summed E-state index contributed by atoms with van der Waals surface area (Å²) in [4.78, 5) is 25.2. The van der Waals surface area contributed by atoms with Gasteiger partial charge < -0.3 is 15.4 Å². The van der Waals surface area contributed by atoms with Crippen LogP contribution in [-0.2, 0) is 4.79 Å². The SMILES string of the molecule is O=C(NC1(C(=O)Nc2ccc(F)cc2)CCCCC1)Oc1ccccc1. The summed E-state index contributed by atoms with van der Waals surface area (Å²) in [5.74, 6) is -0.274. The fourth-order valence-corrected chi connectivity index (χ4v) is 3.16. The van der Waals surface area contributed by atoms with Gasteiger partial charge in [0, 0.05) is 5.69 Å². The smallest absolute Gasteiger partial charge is 0.410 e. The molecule has 26 heavy (non-hydrogen) atoms. The maximum absolute atomic E-state index is 13.0. The summed E-state index contributed by atoms with van der Waals surface area (Å²) in [6.45, 7) is 0. The van der Waals surface area contributed by atoms with Crippen LogP contribution in [0.5, 0.6) is 5.75 Å². The van der Waals surface area contributed by atoms with Gasteiger partial charge in [0.05, 0.1) is 0 Å². The summed E-state index contributed by atoms with van der Waals surface area (Å²) in [6.07, 6.45) is 3.09. The molecule has 1 aliphatic carbocycles. The van der Waals surface area contributed by atoms with E-state index < -0.39 is 11.6 Å². The van der Waals surface area contributed by atoms with Crippen molar-refractivity contribution in [3.63, 3.8) is 0 Å². The lowest BCUT2D eigenvalue weighted by Gasteiger charge is -2.36. The van der Waals surface area contributed by atoms with Crippen LogP contribution in [-0.4, -0.2) is 17.5 Å². The van der Waals surface area contributed by atoms with Crippen molar-refractivity contribution >= 4 is 17.7 Å². The molecule has 0 spiro atoms. The predicted molar refractivity (Wildman–Crippen MR) is 96.4 cm³/mol. The number of carbonyl (C=O) groups excluding carboxylic acids is 2. The highest BCUT2D eigenvalue weighted by Crippen LogP contribution is 2.30. The molecule has 0 radical (unpaired) electrons. The Bertz CT molecular complexity index is 756. The number of anilines is 1. The number of ether oxygens (including phenoxy) is 1. The molecule has 2 amide bonds. The molecule has 5 nitrogen and oxygen atoms in total. The van der Waals surface area contributed by atoms with Crippen molar-refractivity contribution in [1.29, 1.82) is 0 Å². The number of halogens is 1. The lowest BCUT2D eigenvalue weighted by molar-refractivity contribution is -0.123. The molecule has 1 saturated carbocycles. The van der Waals surface area contributed by atoms with Crippen LogP contribution < -0.4 is 15.4 Å². The van der Waals surface area contributed by atoms with E-state index in [0.717, 1.165) is 19.3 Å². The number of nitrogens with one attached hydrogen (secondary N) is 2. The average molecular weight is 356 g/mol. The lowest BCUT2D eigenvalue weighted by Crippen LogP contribution is -2.58. The third-order valence-corrected chi connectivity index (χ3v) is 4.54. The summed E-state index contributed by atoms with van der Waals surface area (Å²) in [6, 6.07) is 14.2. The lowest BCUT2D eigenvalue weighted by atomic mass is 9.81. The molecule has 2 aromatic rings. The quantitative estimate of drug-likeness (QED) is 0.860. The summed E-state index contributed by atoms with van der Waals surface area (Å²) >= 11 is 0. The molecule has 0 saturated heterocycles. The van der Waals surface area contributed by atoms with Crippen molar-refractivity contribution in [2.24, 2.45) is 0 Å². The third-order valence-electron chi connectivity index (χ3n) is 4.54. The maximum atomic E-state index is 13.0. The summed E-state index contributed by atoms with van der Waals surface area (Å²) in [7, 11) is 0. The summed E-state index contributed by atoms with van der Waals surface area (Å²) < 4.78 is 18.3. The second-order valence-corrected chi connectivity index (χ2v) is 6.43. The van der Waals surface area contributed by atoms with Gasteiger partial charge in [-0.15, -0.1) is 0 Å². The van der Waals surface area contributed by atoms with Crippen molar-refractivity contribution in [3.8, 4) is 5.75 Å². The second-order valence-electron chi connectivity index (χ2n) is 6.43. The fraction of sp³-hybridized carbons (Fsp3) is 0.300. The van der Waals surface area contributed by atoms with Gasteiger partial charge in [-0.3, -0.25) is 4.79 Å². The number of rotatable bonds is 4. The third kappa shape index (κ3) is 4.39. The van der Waals surface area contributed by atoms with Gasteiger partial charge in [-0.1, -0.05) is 37.5 Å². The molecule has 0 bridgehead atoms. The molecule has 136 valence electrons. The molecule has 1 fully saturated rings. The molecule has 1 aliphatic rings. The van der Waals surface area contributed by atoms with Crippen LogP contribution in [0.4, 0.5) is 14.9 Å². The first-order chi connectivity index (χ1) is 12.6. The molecule has 2 aromatic carbocycles. The zero-order valence-electron chi connectivity index (χ0n) is 14.3. The van der Waals surface area contributed by atoms with E-state index in [4.69, 9.17) is 4.74 Å². The Kier molecular flexibility index (Phi) is 5.51. The van der Waals surface area contributed by atoms with Crippen LogP contribution in [0, 0.1) is 5.82 Å². The second kappa shape index (κ2) is 7.99. The first kappa shape index (κ1) is 17.9. The van der Waals surface area contributed by atoms with E-state index in [2.05, 4.69) is 10.6 Å². The first-order valence-electron chi connectivity index (χ1n) is 8.69. The number of carbonyl (C=O) groups is 2. The molecular formula is C20H21FN2O3. The largest absolute Gasteiger partial charge is 0.413 e. The van der Waals surface area contributed by atoms with Gasteiger partial charge in [0.15, 0.2) is 0 Å². The van der Waals surface area contributed by atoms with Gasteiger partial charge in [-0.05, 0) is 49.2 Å². The van der Waals surface area contributed by atoms with Crippen LogP contribution in [0.25, 0.3) is 0 Å². The number of hydrogen-bond acceptors (Lipinski definition) is 3. The zero-order chi connectivity index (χ0) is 18.4. The molecule has 0 atom stereocenters. The Morgan fingerprint density at radius 2 is 1.58 bits per heavy atom. The van der Waals surface area contributed by atoms with Gasteiger partial charge in [-0.25, -0.2) is 9.18 Å². The molecule has 0 aliphatic heterocycles. The van der Waals surface area contributed by atoms with Crippen LogP contribution >= 0.6 is 0 Å². The minimum absolute atomic E-state index is 0.311. The molecule has 6 heteroatoms. The van der Waals surface area contributed by atoms with Gasteiger partial charge in [0.25, 0.3) is 0 Å². The monoisotopic (exact) mass is 356 g/mol. The van der Waals surface area contributed by atoms with E-state index in [1.165, 1.54) is 24.3 Å². The van der Waals surface area contributed by atoms with E-state index in [-0.39, 0.29) is 11.7 Å². The highest BCUT2D eigenvalue weighted by atomic mass is 19.1. The Hall–Kier alpha value is -2.89. The van der Waals surface area contributed by atoms with Crippen LogP contribution in [0.3, 0.4) is 0 Å². The number of para-hydroxylation sites is 1. The van der Waals surface area contributed by atoms with Crippen molar-refractivity contribution in [3.05, 3.63) is 60.4 Å². The fourth-order valence-electron chi connectivity index (χ4n) is 3.16. The molecule has 2 N–H and O–H groups in total. The first-order valence-corrected chi connectivity index (χ1v) is 8.69. The Morgan fingerprint density at radius 3 is 2.23 bits per heavy atom. The molecule has 0 aromatic heterocycles. The van der Waals surface area contributed by atoms with Gasteiger partial charge in [0.2, 0.25) is 5.91 Å². The zero-order valence-corrected chi connectivity index (χ0v) is 14.3. The van der Waals surface area contributed by atoms with Crippen molar-refractivity contribution < 1.29 is 18.7 Å². The molecular weight excluding hydrogens is 335 g/mol. The van der Waals surface area contributed by atoms with E-state index >= 15 is 0 Å². The van der Waals surface area contributed by atoms with Crippen LogP contribution in [0.2, 0.25) is 0 Å². The highest BCUT2D eigenvalue weighted by Gasteiger charge is 2.41. The van der Waals surface area contributed by atoms with Gasteiger partial charge >= 0.3 is 6.09 Å². The highest BCUT2D eigenvalue weighted by molar-refractivity contribution is 6.00. The number of amides is 2. The Morgan fingerprint density at radius 1 is 0.923 bits per heavy atom. The van der Waals surface area contributed by atoms with E-state index in [0.29, 0.717) is 24.3 Å².